The average molecular weight is 349 g/mol. The van der Waals surface area contributed by atoms with Crippen LogP contribution in [0.4, 0.5) is 0 Å². The Morgan fingerprint density at radius 2 is 2.30 bits per heavy atom. The van der Waals surface area contributed by atoms with E-state index in [-0.39, 0.29) is 18.1 Å². The van der Waals surface area contributed by atoms with Crippen molar-refractivity contribution in [1.29, 1.82) is 0 Å². The zero-order valence-corrected chi connectivity index (χ0v) is 14.4. The molecular weight excluding hydrogens is 330 g/mol. The summed E-state index contributed by atoms with van der Waals surface area (Å²) in [5.41, 5.74) is 0.957. The number of fused-ring (bicyclic) bond motifs is 2. The first-order valence-corrected chi connectivity index (χ1v) is 9.91. The van der Waals surface area contributed by atoms with Gasteiger partial charge in [0.2, 0.25) is 5.91 Å². The Hall–Kier alpha value is -1.18. The highest BCUT2D eigenvalue weighted by Gasteiger charge is 2.36. The Bertz CT molecular complexity index is 703. The molecule has 2 aromatic rings. The van der Waals surface area contributed by atoms with E-state index >= 15 is 0 Å². The van der Waals surface area contributed by atoms with E-state index in [9.17, 15) is 4.79 Å². The van der Waals surface area contributed by atoms with Crippen molar-refractivity contribution in [2.75, 3.05) is 18.9 Å². The summed E-state index contributed by atoms with van der Waals surface area (Å²) in [7, 11) is 0. The number of amides is 1. The Labute approximate surface area is 143 Å². The molecule has 4 rings (SSSR count). The molecule has 1 saturated heterocycles. The van der Waals surface area contributed by atoms with E-state index in [0.29, 0.717) is 12.4 Å². The van der Waals surface area contributed by atoms with Crippen LogP contribution < -0.4 is 0 Å². The van der Waals surface area contributed by atoms with Crippen LogP contribution in [0.15, 0.2) is 22.8 Å². The van der Waals surface area contributed by atoms with Gasteiger partial charge in [-0.2, -0.15) is 0 Å². The van der Waals surface area contributed by atoms with Crippen LogP contribution >= 0.6 is 23.1 Å². The predicted molar refractivity (Wildman–Crippen MR) is 91.8 cm³/mol. The number of nitrogens with zero attached hydrogens (tertiary/aromatic N) is 3. The number of thiophene rings is 1. The maximum absolute atomic E-state index is 12.7. The van der Waals surface area contributed by atoms with Crippen molar-refractivity contribution in [2.45, 2.75) is 42.9 Å². The second-order valence-corrected chi connectivity index (χ2v) is 7.83. The van der Waals surface area contributed by atoms with Crippen molar-refractivity contribution in [3.05, 3.63) is 17.8 Å². The van der Waals surface area contributed by atoms with E-state index in [1.165, 1.54) is 24.6 Å². The van der Waals surface area contributed by atoms with Gasteiger partial charge in [-0.25, -0.2) is 9.97 Å². The summed E-state index contributed by atoms with van der Waals surface area (Å²) in [5, 5.41) is 2.92. The van der Waals surface area contributed by atoms with Crippen LogP contribution in [-0.4, -0.2) is 51.8 Å². The minimum absolute atomic E-state index is 0.207. The number of thioether (sulfide) groups is 1. The Morgan fingerprint density at radius 3 is 3.26 bits per heavy atom. The molecule has 7 heteroatoms. The fraction of sp³-hybridized carbons (Fsp3) is 0.562. The van der Waals surface area contributed by atoms with Crippen LogP contribution in [0.2, 0.25) is 0 Å². The molecule has 23 heavy (non-hydrogen) atoms. The van der Waals surface area contributed by atoms with Crippen LogP contribution in [0.25, 0.3) is 10.2 Å². The normalized spacial score (nSPS) is 24.6. The number of rotatable bonds is 3. The molecule has 2 aromatic heterocycles. The lowest BCUT2D eigenvalue weighted by Crippen LogP contribution is -2.55. The van der Waals surface area contributed by atoms with Gasteiger partial charge in [0.1, 0.15) is 11.4 Å². The molecule has 1 saturated carbocycles. The van der Waals surface area contributed by atoms with Gasteiger partial charge in [-0.15, -0.1) is 11.3 Å². The van der Waals surface area contributed by atoms with Crippen LogP contribution in [0.1, 0.15) is 25.7 Å². The maximum Gasteiger partial charge on any atom is 0.233 e. The number of carbonyl (C=O) groups excluding carboxylic acids is 1. The maximum atomic E-state index is 12.7. The monoisotopic (exact) mass is 349 g/mol. The van der Waals surface area contributed by atoms with Crippen molar-refractivity contribution in [3.8, 4) is 0 Å². The van der Waals surface area contributed by atoms with Crippen LogP contribution in [0.5, 0.6) is 0 Å². The highest BCUT2D eigenvalue weighted by atomic mass is 32.2. The molecule has 2 fully saturated rings. The lowest BCUT2D eigenvalue weighted by Gasteiger charge is -2.43. The van der Waals surface area contributed by atoms with Crippen molar-refractivity contribution in [2.24, 2.45) is 0 Å². The third-order valence-electron chi connectivity index (χ3n) is 4.60. The van der Waals surface area contributed by atoms with Gasteiger partial charge in [0.05, 0.1) is 34.7 Å². The molecule has 1 amide bonds. The average Bonchev–Trinajstić information content (AvgIpc) is 3.08. The van der Waals surface area contributed by atoms with Crippen molar-refractivity contribution in [1.82, 2.24) is 14.9 Å². The molecule has 0 radical (unpaired) electrons. The molecule has 0 unspecified atom stereocenters. The minimum atomic E-state index is 0.207. The smallest absolute Gasteiger partial charge is 0.233 e. The van der Waals surface area contributed by atoms with Gasteiger partial charge >= 0.3 is 0 Å². The summed E-state index contributed by atoms with van der Waals surface area (Å²) in [4.78, 5) is 23.4. The van der Waals surface area contributed by atoms with Crippen molar-refractivity contribution >= 4 is 39.2 Å². The summed E-state index contributed by atoms with van der Waals surface area (Å²) in [6.07, 6.45) is 6.40. The van der Waals surface area contributed by atoms with E-state index in [1.807, 2.05) is 16.3 Å². The van der Waals surface area contributed by atoms with E-state index in [4.69, 9.17) is 4.74 Å². The van der Waals surface area contributed by atoms with Crippen molar-refractivity contribution < 1.29 is 9.53 Å². The highest BCUT2D eigenvalue weighted by Crippen LogP contribution is 2.31. The van der Waals surface area contributed by atoms with E-state index < -0.39 is 0 Å². The van der Waals surface area contributed by atoms with Gasteiger partial charge in [-0.05, 0) is 24.3 Å². The second-order valence-electron chi connectivity index (χ2n) is 5.95. The Balaban J connectivity index is 1.44. The minimum Gasteiger partial charge on any atom is -0.374 e. The number of hydrogen-bond donors (Lipinski definition) is 0. The molecule has 0 aromatic carbocycles. The lowest BCUT2D eigenvalue weighted by atomic mass is 9.90. The molecule has 5 nitrogen and oxygen atoms in total. The van der Waals surface area contributed by atoms with Gasteiger partial charge in [0, 0.05) is 6.54 Å². The van der Waals surface area contributed by atoms with Crippen LogP contribution in [0.3, 0.4) is 0 Å². The first-order chi connectivity index (χ1) is 11.3. The fourth-order valence-electron chi connectivity index (χ4n) is 3.49. The fourth-order valence-corrected chi connectivity index (χ4v) is 5.32. The Morgan fingerprint density at radius 1 is 1.39 bits per heavy atom. The Kier molecular flexibility index (Phi) is 4.50. The summed E-state index contributed by atoms with van der Waals surface area (Å²) in [6, 6.07) is 2.26. The van der Waals surface area contributed by atoms with E-state index in [1.54, 1.807) is 17.7 Å². The lowest BCUT2D eigenvalue weighted by molar-refractivity contribution is -0.146. The van der Waals surface area contributed by atoms with Gasteiger partial charge in [-0.3, -0.25) is 4.79 Å². The second kappa shape index (κ2) is 6.75. The molecule has 0 bridgehead atoms. The van der Waals surface area contributed by atoms with Gasteiger partial charge < -0.3 is 9.64 Å². The number of aromatic nitrogens is 2. The molecule has 3 heterocycles. The molecule has 1 aliphatic carbocycles. The SMILES string of the molecule is O=C(CSc1ncnc2ccsc12)N1CCO[C@@H]2CCCC[C@H]21. The number of ether oxygens (including phenoxy) is 1. The third kappa shape index (κ3) is 3.09. The van der Waals surface area contributed by atoms with Gasteiger partial charge in [0.15, 0.2) is 0 Å². The first kappa shape index (κ1) is 15.4. The summed E-state index contributed by atoms with van der Waals surface area (Å²) in [6.45, 7) is 1.39. The zero-order chi connectivity index (χ0) is 15.6. The zero-order valence-electron chi connectivity index (χ0n) is 12.8. The summed E-state index contributed by atoms with van der Waals surface area (Å²) >= 11 is 3.15. The molecular formula is C16H19N3O2S2. The predicted octanol–water partition coefficient (Wildman–Crippen LogP) is 2.95. The number of morpholine rings is 1. The quantitative estimate of drug-likeness (QED) is 0.630. The molecule has 2 aliphatic rings. The van der Waals surface area contributed by atoms with Crippen molar-refractivity contribution in [3.63, 3.8) is 0 Å². The molecule has 0 spiro atoms. The molecule has 1 aliphatic heterocycles. The topological polar surface area (TPSA) is 55.3 Å². The van der Waals surface area contributed by atoms with Gasteiger partial charge in [0.25, 0.3) is 0 Å². The highest BCUT2D eigenvalue weighted by molar-refractivity contribution is 8.00. The molecule has 0 N–H and O–H groups in total. The molecule has 122 valence electrons. The summed E-state index contributed by atoms with van der Waals surface area (Å²) in [5.74, 6) is 0.645. The molecule has 2 atom stereocenters. The third-order valence-corrected chi connectivity index (χ3v) is 6.61. The number of hydrogen-bond acceptors (Lipinski definition) is 6. The largest absolute Gasteiger partial charge is 0.374 e. The van der Waals surface area contributed by atoms with E-state index in [2.05, 4.69) is 9.97 Å². The van der Waals surface area contributed by atoms with Crippen LogP contribution in [-0.2, 0) is 9.53 Å². The van der Waals surface area contributed by atoms with Gasteiger partial charge in [-0.1, -0.05) is 24.6 Å². The first-order valence-electron chi connectivity index (χ1n) is 8.05. The standard InChI is InChI=1S/C16H19N3O2S2/c20-14(19-6-7-21-13-4-2-1-3-12(13)19)9-23-16-15-11(5-8-22-15)17-10-18-16/h5,8,10,12-13H,1-4,6-7,9H2/t12-,13-/m1/s1. The summed E-state index contributed by atoms with van der Waals surface area (Å²) < 4.78 is 6.92. The van der Waals surface area contributed by atoms with E-state index in [0.717, 1.165) is 34.6 Å². The number of carbonyl (C=O) groups is 1. The van der Waals surface area contributed by atoms with Crippen LogP contribution in [0, 0.1) is 0 Å².